The lowest BCUT2D eigenvalue weighted by molar-refractivity contribution is -0.136. The number of nitrogens with zero attached hydrogens (tertiary/aromatic N) is 1. The Hall–Kier alpha value is -1.55. The molecule has 19 heavy (non-hydrogen) atoms. The molecule has 0 saturated heterocycles. The second kappa shape index (κ2) is 7.79. The van der Waals surface area contributed by atoms with Crippen molar-refractivity contribution in [1.29, 1.82) is 0 Å². The number of rotatable bonds is 8. The number of aliphatic carboxylic acids is 1. The lowest BCUT2D eigenvalue weighted by Crippen LogP contribution is -2.31. The standard InChI is InChI=1S/C15H23NO3/c1-12(2)19-11-10-16(9-8-15(17)18)14-7-5-4-6-13(14)3/h4-7,12H,8-11H2,1-3H3,(H,17,18). The van der Waals surface area contributed by atoms with Gasteiger partial charge in [-0.1, -0.05) is 18.2 Å². The highest BCUT2D eigenvalue weighted by molar-refractivity contribution is 5.68. The van der Waals surface area contributed by atoms with Crippen molar-refractivity contribution < 1.29 is 14.6 Å². The number of hydrogen-bond donors (Lipinski definition) is 1. The zero-order valence-electron chi connectivity index (χ0n) is 11.9. The first-order valence-electron chi connectivity index (χ1n) is 6.64. The minimum atomic E-state index is -0.775. The second-order valence-corrected chi connectivity index (χ2v) is 4.84. The van der Waals surface area contributed by atoms with E-state index in [0.29, 0.717) is 19.7 Å². The zero-order chi connectivity index (χ0) is 14.3. The predicted molar refractivity (Wildman–Crippen MR) is 76.7 cm³/mol. The number of hydrogen-bond acceptors (Lipinski definition) is 3. The molecule has 0 spiro atoms. The van der Waals surface area contributed by atoms with Crippen LogP contribution >= 0.6 is 0 Å². The van der Waals surface area contributed by atoms with Gasteiger partial charge in [0, 0.05) is 18.8 Å². The molecule has 1 N–H and O–H groups in total. The van der Waals surface area contributed by atoms with Crippen LogP contribution in [0.3, 0.4) is 0 Å². The number of carboxylic acid groups (broad SMARTS) is 1. The van der Waals surface area contributed by atoms with Crippen LogP contribution in [0.15, 0.2) is 24.3 Å². The SMILES string of the molecule is Cc1ccccc1N(CCOC(C)C)CCC(=O)O. The molecule has 0 radical (unpaired) electrons. The van der Waals surface area contributed by atoms with Crippen LogP contribution < -0.4 is 4.90 Å². The van der Waals surface area contributed by atoms with E-state index in [4.69, 9.17) is 9.84 Å². The van der Waals surface area contributed by atoms with E-state index in [0.717, 1.165) is 11.3 Å². The van der Waals surface area contributed by atoms with Crippen LogP contribution in [-0.2, 0) is 9.53 Å². The van der Waals surface area contributed by atoms with Gasteiger partial charge in [-0.05, 0) is 32.4 Å². The maximum atomic E-state index is 10.7. The van der Waals surface area contributed by atoms with Crippen molar-refractivity contribution in [1.82, 2.24) is 0 Å². The quantitative estimate of drug-likeness (QED) is 0.785. The Morgan fingerprint density at radius 2 is 2.00 bits per heavy atom. The zero-order valence-corrected chi connectivity index (χ0v) is 11.9. The van der Waals surface area contributed by atoms with Crippen LogP contribution in [0.2, 0.25) is 0 Å². The highest BCUT2D eigenvalue weighted by Gasteiger charge is 2.11. The molecule has 0 aromatic heterocycles. The maximum absolute atomic E-state index is 10.7. The van der Waals surface area contributed by atoms with Crippen LogP contribution in [0, 0.1) is 6.92 Å². The Labute approximate surface area is 115 Å². The molecule has 0 heterocycles. The molecule has 0 saturated carbocycles. The van der Waals surface area contributed by atoms with Crippen molar-refractivity contribution in [3.8, 4) is 0 Å². The average molecular weight is 265 g/mol. The molecule has 0 aliphatic rings. The Bertz CT molecular complexity index is 404. The van der Waals surface area contributed by atoms with E-state index >= 15 is 0 Å². The third-order valence-corrected chi connectivity index (χ3v) is 2.86. The van der Waals surface area contributed by atoms with Crippen molar-refractivity contribution in [2.45, 2.75) is 33.3 Å². The van der Waals surface area contributed by atoms with Crippen molar-refractivity contribution in [2.24, 2.45) is 0 Å². The fourth-order valence-electron chi connectivity index (χ4n) is 1.90. The molecular formula is C15H23NO3. The minimum absolute atomic E-state index is 0.135. The lowest BCUT2D eigenvalue weighted by atomic mass is 10.1. The molecule has 4 heteroatoms. The Balaban J connectivity index is 2.68. The van der Waals surface area contributed by atoms with E-state index in [-0.39, 0.29) is 12.5 Å². The largest absolute Gasteiger partial charge is 0.481 e. The van der Waals surface area contributed by atoms with Crippen molar-refractivity contribution in [2.75, 3.05) is 24.6 Å². The summed E-state index contributed by atoms with van der Waals surface area (Å²) >= 11 is 0. The summed E-state index contributed by atoms with van der Waals surface area (Å²) in [5.41, 5.74) is 2.23. The molecule has 4 nitrogen and oxygen atoms in total. The molecule has 0 unspecified atom stereocenters. The monoisotopic (exact) mass is 265 g/mol. The average Bonchev–Trinajstić information content (AvgIpc) is 2.34. The third kappa shape index (κ3) is 5.75. The van der Waals surface area contributed by atoms with Gasteiger partial charge in [-0.2, -0.15) is 0 Å². The number of aryl methyl sites for hydroxylation is 1. The van der Waals surface area contributed by atoms with Crippen LogP contribution in [0.1, 0.15) is 25.8 Å². The van der Waals surface area contributed by atoms with Crippen LogP contribution in [0.4, 0.5) is 5.69 Å². The molecule has 0 aliphatic carbocycles. The van der Waals surface area contributed by atoms with Gasteiger partial charge in [-0.3, -0.25) is 4.79 Å². The van der Waals surface area contributed by atoms with Crippen LogP contribution in [0.5, 0.6) is 0 Å². The van der Waals surface area contributed by atoms with Gasteiger partial charge < -0.3 is 14.7 Å². The van der Waals surface area contributed by atoms with E-state index in [2.05, 4.69) is 4.90 Å². The number of carboxylic acids is 1. The Morgan fingerprint density at radius 1 is 1.32 bits per heavy atom. The van der Waals surface area contributed by atoms with E-state index in [9.17, 15) is 4.79 Å². The normalized spacial score (nSPS) is 10.7. The maximum Gasteiger partial charge on any atom is 0.305 e. The predicted octanol–water partition coefficient (Wildman–Crippen LogP) is 2.70. The lowest BCUT2D eigenvalue weighted by Gasteiger charge is -2.26. The summed E-state index contributed by atoms with van der Waals surface area (Å²) in [7, 11) is 0. The molecule has 0 aliphatic heterocycles. The molecule has 0 atom stereocenters. The van der Waals surface area contributed by atoms with Gasteiger partial charge in [0.15, 0.2) is 0 Å². The van der Waals surface area contributed by atoms with Crippen molar-refractivity contribution >= 4 is 11.7 Å². The molecule has 0 amide bonds. The fourth-order valence-corrected chi connectivity index (χ4v) is 1.90. The molecule has 1 aromatic rings. The van der Waals surface area contributed by atoms with E-state index in [1.807, 2.05) is 45.0 Å². The summed E-state index contributed by atoms with van der Waals surface area (Å²) < 4.78 is 5.55. The Kier molecular flexibility index (Phi) is 6.36. The van der Waals surface area contributed by atoms with Gasteiger partial charge in [0.1, 0.15) is 0 Å². The first kappa shape index (κ1) is 15.5. The number of anilines is 1. The van der Waals surface area contributed by atoms with Crippen molar-refractivity contribution in [3.05, 3.63) is 29.8 Å². The van der Waals surface area contributed by atoms with Crippen molar-refractivity contribution in [3.63, 3.8) is 0 Å². The summed E-state index contributed by atoms with van der Waals surface area (Å²) in [4.78, 5) is 12.8. The summed E-state index contributed by atoms with van der Waals surface area (Å²) in [5, 5.41) is 8.83. The number of benzene rings is 1. The Morgan fingerprint density at radius 3 is 2.58 bits per heavy atom. The number of ether oxygens (including phenoxy) is 1. The van der Waals surface area contributed by atoms with Gasteiger partial charge in [0.2, 0.25) is 0 Å². The van der Waals surface area contributed by atoms with Gasteiger partial charge in [-0.25, -0.2) is 0 Å². The fraction of sp³-hybridized carbons (Fsp3) is 0.533. The third-order valence-electron chi connectivity index (χ3n) is 2.86. The summed E-state index contributed by atoms with van der Waals surface area (Å²) in [6, 6.07) is 8.01. The molecule has 1 rings (SSSR count). The summed E-state index contributed by atoms with van der Waals surface area (Å²) in [6.07, 6.45) is 0.328. The van der Waals surface area contributed by atoms with Gasteiger partial charge >= 0.3 is 5.97 Å². The first-order chi connectivity index (χ1) is 9.00. The molecular weight excluding hydrogens is 242 g/mol. The van der Waals surface area contributed by atoms with Crippen LogP contribution in [-0.4, -0.2) is 36.9 Å². The molecule has 0 fully saturated rings. The van der Waals surface area contributed by atoms with E-state index in [1.54, 1.807) is 0 Å². The second-order valence-electron chi connectivity index (χ2n) is 4.84. The van der Waals surface area contributed by atoms with E-state index in [1.165, 1.54) is 0 Å². The number of carbonyl (C=O) groups is 1. The van der Waals surface area contributed by atoms with Crippen LogP contribution in [0.25, 0.3) is 0 Å². The molecule has 0 bridgehead atoms. The van der Waals surface area contributed by atoms with Gasteiger partial charge in [-0.15, -0.1) is 0 Å². The first-order valence-corrected chi connectivity index (χ1v) is 6.64. The van der Waals surface area contributed by atoms with E-state index < -0.39 is 5.97 Å². The van der Waals surface area contributed by atoms with Gasteiger partial charge in [0.25, 0.3) is 0 Å². The number of para-hydroxylation sites is 1. The molecule has 1 aromatic carbocycles. The highest BCUT2D eigenvalue weighted by Crippen LogP contribution is 2.19. The topological polar surface area (TPSA) is 49.8 Å². The summed E-state index contributed by atoms with van der Waals surface area (Å²) in [5.74, 6) is -0.775. The smallest absolute Gasteiger partial charge is 0.305 e. The molecule has 106 valence electrons. The highest BCUT2D eigenvalue weighted by atomic mass is 16.5. The minimum Gasteiger partial charge on any atom is -0.481 e. The van der Waals surface area contributed by atoms with Gasteiger partial charge in [0.05, 0.1) is 19.1 Å². The summed E-state index contributed by atoms with van der Waals surface area (Å²) in [6.45, 7) is 7.83.